The predicted molar refractivity (Wildman–Crippen MR) is 40.5 cm³/mol. The first-order valence-electron chi connectivity index (χ1n) is 2.29. The molecular formula is C5H13I. The van der Waals surface area contributed by atoms with E-state index in [4.69, 9.17) is 0 Å². The summed E-state index contributed by atoms with van der Waals surface area (Å²) in [5, 5.41) is 0. The molecule has 0 bridgehead atoms. The van der Waals surface area contributed by atoms with Crippen LogP contribution >= 0.6 is 22.6 Å². The van der Waals surface area contributed by atoms with Gasteiger partial charge in [-0.25, -0.2) is 0 Å². The highest BCUT2D eigenvalue weighted by Gasteiger charge is 1.56. The highest BCUT2D eigenvalue weighted by Crippen LogP contribution is 1.76. The molecule has 0 aliphatic heterocycles. The molecule has 0 amide bonds. The Labute approximate surface area is 54.5 Å². The van der Waals surface area contributed by atoms with Crippen LogP contribution in [0.15, 0.2) is 0 Å². The molecular weight excluding hydrogens is 187 g/mol. The van der Waals surface area contributed by atoms with Crippen LogP contribution in [0.5, 0.6) is 0 Å². The number of alkyl halides is 1. The van der Waals surface area contributed by atoms with Gasteiger partial charge < -0.3 is 0 Å². The minimum atomic E-state index is 1.32. The molecule has 0 radical (unpaired) electrons. The molecule has 6 heavy (non-hydrogen) atoms. The fraction of sp³-hybridized carbons (Fsp3) is 1.00. The van der Waals surface area contributed by atoms with E-state index in [1.54, 1.807) is 0 Å². The molecule has 40 valence electrons. The Morgan fingerprint density at radius 2 is 1.17 bits per heavy atom. The lowest BCUT2D eigenvalue weighted by atomic mass is 10.4. The standard InChI is InChI=1S/C4H10.CH3I/c1-3-4-2;1-2/h3-4H2,1-2H3;1H3. The third-order valence-electron chi connectivity index (χ3n) is 0.500. The molecule has 0 aromatic heterocycles. The lowest BCUT2D eigenvalue weighted by molar-refractivity contribution is 0.886. The first-order chi connectivity index (χ1) is 2.91. The van der Waals surface area contributed by atoms with Crippen molar-refractivity contribution >= 4 is 22.6 Å². The van der Waals surface area contributed by atoms with Crippen molar-refractivity contribution in [3.8, 4) is 0 Å². The quantitative estimate of drug-likeness (QED) is 0.451. The summed E-state index contributed by atoms with van der Waals surface area (Å²) in [6, 6.07) is 0. The Kier molecular flexibility index (Phi) is 28.3. The second-order valence-electron chi connectivity index (χ2n) is 1.000. The van der Waals surface area contributed by atoms with Crippen LogP contribution in [0.4, 0.5) is 0 Å². The molecule has 0 N–H and O–H groups in total. The second-order valence-corrected chi connectivity index (χ2v) is 1.000. The van der Waals surface area contributed by atoms with Crippen LogP contribution in [0.3, 0.4) is 0 Å². The molecule has 0 atom stereocenters. The Balaban J connectivity index is 0. The maximum absolute atomic E-state index is 2.18. The van der Waals surface area contributed by atoms with E-state index >= 15 is 0 Å². The summed E-state index contributed by atoms with van der Waals surface area (Å²) in [4.78, 5) is 1.97. The van der Waals surface area contributed by atoms with Gasteiger partial charge in [0.05, 0.1) is 0 Å². The summed E-state index contributed by atoms with van der Waals surface area (Å²) in [5.41, 5.74) is 0. The Hall–Kier alpha value is 0.730. The molecule has 0 heterocycles. The van der Waals surface area contributed by atoms with Crippen LogP contribution in [0.2, 0.25) is 0 Å². The van der Waals surface area contributed by atoms with Gasteiger partial charge in [0.1, 0.15) is 0 Å². The molecule has 1 heteroatoms. The van der Waals surface area contributed by atoms with Gasteiger partial charge in [-0.3, -0.25) is 0 Å². The van der Waals surface area contributed by atoms with Gasteiger partial charge in [0.15, 0.2) is 0 Å². The first-order valence-corrected chi connectivity index (χ1v) is 4.45. The van der Waals surface area contributed by atoms with Crippen LogP contribution in [0.1, 0.15) is 26.7 Å². The highest BCUT2D eigenvalue weighted by atomic mass is 127. The van der Waals surface area contributed by atoms with Crippen molar-refractivity contribution in [2.24, 2.45) is 0 Å². The molecule has 0 saturated heterocycles. The van der Waals surface area contributed by atoms with Gasteiger partial charge in [-0.05, 0) is 4.93 Å². The minimum absolute atomic E-state index is 1.32. The SMILES string of the molecule is CCCC.CI. The Morgan fingerprint density at radius 3 is 1.17 bits per heavy atom. The van der Waals surface area contributed by atoms with E-state index in [9.17, 15) is 0 Å². The molecule has 0 nitrogen and oxygen atoms in total. The fourth-order valence-electron chi connectivity index (χ4n) is 0. The average Bonchev–Trinajstić information content (AvgIpc) is 1.72. The van der Waals surface area contributed by atoms with E-state index in [2.05, 4.69) is 36.4 Å². The monoisotopic (exact) mass is 200 g/mol. The summed E-state index contributed by atoms with van der Waals surface area (Å²) in [6.45, 7) is 4.36. The highest BCUT2D eigenvalue weighted by molar-refractivity contribution is 14.1. The molecule has 0 spiro atoms. The van der Waals surface area contributed by atoms with E-state index < -0.39 is 0 Å². The minimum Gasteiger partial charge on any atom is -0.0901 e. The van der Waals surface area contributed by atoms with Gasteiger partial charge in [0.25, 0.3) is 0 Å². The summed E-state index contributed by atoms with van der Waals surface area (Å²) >= 11 is 2.15. The van der Waals surface area contributed by atoms with E-state index in [0.717, 1.165) is 0 Å². The zero-order chi connectivity index (χ0) is 5.41. The number of hydrogen-bond donors (Lipinski definition) is 0. The fourth-order valence-corrected chi connectivity index (χ4v) is 0. The second kappa shape index (κ2) is 17.2. The summed E-state index contributed by atoms with van der Waals surface area (Å²) in [5.74, 6) is 0. The summed E-state index contributed by atoms with van der Waals surface area (Å²) in [6.07, 6.45) is 2.64. The number of unbranched alkanes of at least 4 members (excludes halogenated alkanes) is 1. The van der Waals surface area contributed by atoms with Crippen LogP contribution in [0.25, 0.3) is 0 Å². The number of hydrogen-bond acceptors (Lipinski definition) is 0. The van der Waals surface area contributed by atoms with Crippen molar-refractivity contribution < 1.29 is 0 Å². The third-order valence-corrected chi connectivity index (χ3v) is 0.500. The molecule has 0 aromatic rings. The van der Waals surface area contributed by atoms with Crippen molar-refractivity contribution in [3.63, 3.8) is 0 Å². The van der Waals surface area contributed by atoms with Gasteiger partial charge in [0, 0.05) is 0 Å². The van der Waals surface area contributed by atoms with Gasteiger partial charge in [-0.15, -0.1) is 0 Å². The largest absolute Gasteiger partial charge is 0.0901 e. The predicted octanol–water partition coefficient (Wildman–Crippen LogP) is 2.86. The van der Waals surface area contributed by atoms with E-state index in [0.29, 0.717) is 0 Å². The van der Waals surface area contributed by atoms with Crippen molar-refractivity contribution in [2.75, 3.05) is 4.93 Å². The molecule has 0 aliphatic rings. The van der Waals surface area contributed by atoms with E-state index in [1.165, 1.54) is 12.8 Å². The zero-order valence-corrected chi connectivity index (χ0v) is 6.95. The number of halogens is 1. The van der Waals surface area contributed by atoms with Crippen molar-refractivity contribution in [1.29, 1.82) is 0 Å². The van der Waals surface area contributed by atoms with Crippen LogP contribution < -0.4 is 0 Å². The normalized spacial score (nSPS) is 6.00. The van der Waals surface area contributed by atoms with Gasteiger partial charge in [-0.2, -0.15) is 0 Å². The van der Waals surface area contributed by atoms with E-state index in [1.807, 2.05) is 4.93 Å². The van der Waals surface area contributed by atoms with Crippen molar-refractivity contribution in [3.05, 3.63) is 0 Å². The maximum atomic E-state index is 2.18. The van der Waals surface area contributed by atoms with Crippen molar-refractivity contribution in [2.45, 2.75) is 26.7 Å². The Morgan fingerprint density at radius 1 is 1.00 bits per heavy atom. The molecule has 0 unspecified atom stereocenters. The average molecular weight is 200 g/mol. The molecule has 0 rings (SSSR count). The smallest absolute Gasteiger partial charge is 0.0121 e. The van der Waals surface area contributed by atoms with Gasteiger partial charge in [-0.1, -0.05) is 49.3 Å². The number of rotatable bonds is 1. The van der Waals surface area contributed by atoms with Gasteiger partial charge >= 0.3 is 0 Å². The summed E-state index contributed by atoms with van der Waals surface area (Å²) < 4.78 is 0. The van der Waals surface area contributed by atoms with Gasteiger partial charge in [0.2, 0.25) is 0 Å². The maximum Gasteiger partial charge on any atom is -0.0121 e. The first kappa shape index (κ1) is 9.88. The molecule has 0 aliphatic carbocycles. The Bertz CT molecular complexity index is 5.90. The molecule has 0 fully saturated rings. The van der Waals surface area contributed by atoms with E-state index in [-0.39, 0.29) is 0 Å². The molecule has 0 saturated carbocycles. The van der Waals surface area contributed by atoms with Crippen molar-refractivity contribution in [1.82, 2.24) is 0 Å². The topological polar surface area (TPSA) is 0 Å². The van der Waals surface area contributed by atoms with Crippen LogP contribution in [-0.2, 0) is 0 Å². The molecule has 0 aromatic carbocycles. The van der Waals surface area contributed by atoms with Crippen LogP contribution in [0, 0.1) is 0 Å². The summed E-state index contributed by atoms with van der Waals surface area (Å²) in [7, 11) is 0. The third kappa shape index (κ3) is 22.0. The van der Waals surface area contributed by atoms with Crippen LogP contribution in [-0.4, -0.2) is 4.93 Å². The zero-order valence-electron chi connectivity index (χ0n) is 4.79. The lowest BCUT2D eigenvalue weighted by Crippen LogP contribution is -1.47. The lowest BCUT2D eigenvalue weighted by Gasteiger charge is -1.68.